The van der Waals surface area contributed by atoms with Crippen LogP contribution in [0.2, 0.25) is 0 Å². The van der Waals surface area contributed by atoms with Gasteiger partial charge in [0.15, 0.2) is 0 Å². The van der Waals surface area contributed by atoms with E-state index in [1.807, 2.05) is 50.5 Å². The van der Waals surface area contributed by atoms with Gasteiger partial charge in [0.05, 0.1) is 6.20 Å². The Bertz CT molecular complexity index is 432. The Balaban J connectivity index is 2.23. The van der Waals surface area contributed by atoms with Crippen LogP contribution in [0.1, 0.15) is 5.56 Å². The van der Waals surface area contributed by atoms with Gasteiger partial charge in [0, 0.05) is 38.0 Å². The van der Waals surface area contributed by atoms with E-state index < -0.39 is 0 Å². The summed E-state index contributed by atoms with van der Waals surface area (Å²) in [6.07, 6.45) is 10.9. The third-order valence-corrected chi connectivity index (χ3v) is 2.17. The molecule has 1 rings (SSSR count). The first-order chi connectivity index (χ1) is 8.58. The molecule has 0 aliphatic carbocycles. The number of rotatable bonds is 6. The predicted octanol–water partition coefficient (Wildman–Crippen LogP) is 0.667. The molecular weight excluding hydrogens is 228 g/mol. The molecule has 0 spiro atoms. The van der Waals surface area contributed by atoms with Crippen LogP contribution in [0.3, 0.4) is 0 Å². The maximum Gasteiger partial charge on any atom is 0.243 e. The van der Waals surface area contributed by atoms with E-state index in [1.165, 1.54) is 0 Å². The van der Waals surface area contributed by atoms with Crippen LogP contribution in [0, 0.1) is 0 Å². The van der Waals surface area contributed by atoms with Crippen molar-refractivity contribution in [1.82, 2.24) is 20.0 Å². The van der Waals surface area contributed by atoms with Gasteiger partial charge in [0.2, 0.25) is 5.91 Å². The molecule has 1 aromatic rings. The van der Waals surface area contributed by atoms with Gasteiger partial charge in [-0.3, -0.25) is 9.48 Å². The molecule has 0 saturated heterocycles. The molecule has 5 nitrogen and oxygen atoms in total. The number of aryl methyl sites for hydroxylation is 1. The smallest absolute Gasteiger partial charge is 0.243 e. The van der Waals surface area contributed by atoms with Crippen LogP contribution in [0.25, 0.3) is 6.08 Å². The first-order valence-corrected chi connectivity index (χ1v) is 5.82. The highest BCUT2D eigenvalue weighted by Crippen LogP contribution is 1.97. The second kappa shape index (κ2) is 7.45. The van der Waals surface area contributed by atoms with Crippen LogP contribution in [-0.2, 0) is 11.8 Å². The van der Waals surface area contributed by atoms with E-state index in [0.29, 0.717) is 6.54 Å². The molecule has 0 saturated carbocycles. The van der Waals surface area contributed by atoms with Crippen LogP contribution in [-0.4, -0.2) is 47.8 Å². The van der Waals surface area contributed by atoms with Gasteiger partial charge in [0.1, 0.15) is 0 Å². The summed E-state index contributed by atoms with van der Waals surface area (Å²) in [4.78, 5) is 13.4. The molecule has 18 heavy (non-hydrogen) atoms. The molecule has 0 aliphatic rings. The number of likely N-dealkylation sites (N-methyl/N-ethyl adjacent to an activating group) is 1. The number of amides is 1. The van der Waals surface area contributed by atoms with Gasteiger partial charge in [-0.15, -0.1) is 0 Å². The van der Waals surface area contributed by atoms with Crippen LogP contribution in [0.15, 0.2) is 30.6 Å². The summed E-state index contributed by atoms with van der Waals surface area (Å²) in [5, 5.41) is 6.82. The van der Waals surface area contributed by atoms with Crippen molar-refractivity contribution >= 4 is 12.0 Å². The van der Waals surface area contributed by atoms with E-state index in [9.17, 15) is 4.79 Å². The Labute approximate surface area is 108 Å². The fourth-order valence-corrected chi connectivity index (χ4v) is 1.31. The quantitative estimate of drug-likeness (QED) is 0.753. The first-order valence-electron chi connectivity index (χ1n) is 5.82. The number of nitrogens with zero attached hydrogens (tertiary/aromatic N) is 3. The Morgan fingerprint density at radius 1 is 1.50 bits per heavy atom. The lowest BCUT2D eigenvalue weighted by Crippen LogP contribution is -2.21. The second-order valence-corrected chi connectivity index (χ2v) is 4.26. The van der Waals surface area contributed by atoms with Crippen molar-refractivity contribution < 1.29 is 4.79 Å². The third kappa shape index (κ3) is 6.00. The SMILES string of the molecule is CN(C)C/C=C/C(=O)NC/C=C/c1cnn(C)c1. The lowest BCUT2D eigenvalue weighted by atomic mass is 10.3. The molecular formula is C13H20N4O. The van der Waals surface area contributed by atoms with Gasteiger partial charge in [0.25, 0.3) is 0 Å². The molecule has 0 bridgehead atoms. The third-order valence-electron chi connectivity index (χ3n) is 2.17. The van der Waals surface area contributed by atoms with E-state index >= 15 is 0 Å². The van der Waals surface area contributed by atoms with Gasteiger partial charge in [-0.05, 0) is 14.1 Å². The molecule has 0 radical (unpaired) electrons. The van der Waals surface area contributed by atoms with E-state index in [-0.39, 0.29) is 5.91 Å². The number of nitrogens with one attached hydrogen (secondary N) is 1. The topological polar surface area (TPSA) is 50.2 Å². The molecule has 0 fully saturated rings. The van der Waals surface area contributed by atoms with E-state index in [4.69, 9.17) is 0 Å². The molecule has 0 aromatic carbocycles. The van der Waals surface area contributed by atoms with Crippen molar-refractivity contribution in [2.45, 2.75) is 0 Å². The minimum absolute atomic E-state index is 0.0762. The lowest BCUT2D eigenvalue weighted by molar-refractivity contribution is -0.116. The fraction of sp³-hybridized carbons (Fsp3) is 0.385. The fourth-order valence-electron chi connectivity index (χ4n) is 1.31. The molecule has 1 heterocycles. The number of hydrogen-bond acceptors (Lipinski definition) is 3. The van der Waals surface area contributed by atoms with E-state index in [0.717, 1.165) is 12.1 Å². The van der Waals surface area contributed by atoms with Crippen molar-refractivity contribution in [3.63, 3.8) is 0 Å². The van der Waals surface area contributed by atoms with E-state index in [2.05, 4.69) is 10.4 Å². The largest absolute Gasteiger partial charge is 0.349 e. The standard InChI is InChI=1S/C13H20N4O/c1-16(2)9-5-7-13(18)14-8-4-6-12-10-15-17(3)11-12/h4-7,10-11H,8-9H2,1-3H3,(H,14,18)/b6-4+,7-5+. The molecule has 0 aliphatic heterocycles. The zero-order valence-electron chi connectivity index (χ0n) is 11.1. The van der Waals surface area contributed by atoms with Crippen molar-refractivity contribution in [3.8, 4) is 0 Å². The number of hydrogen-bond donors (Lipinski definition) is 1. The summed E-state index contributed by atoms with van der Waals surface area (Å²) >= 11 is 0. The van der Waals surface area contributed by atoms with Crippen LogP contribution in [0.4, 0.5) is 0 Å². The highest BCUT2D eigenvalue weighted by molar-refractivity contribution is 5.87. The van der Waals surface area contributed by atoms with Crippen LogP contribution in [0.5, 0.6) is 0 Å². The van der Waals surface area contributed by atoms with Crippen molar-refractivity contribution in [2.24, 2.45) is 7.05 Å². The van der Waals surface area contributed by atoms with Gasteiger partial charge >= 0.3 is 0 Å². The number of carbonyl (C=O) groups excluding carboxylic acids is 1. The maximum atomic E-state index is 11.4. The Morgan fingerprint density at radius 3 is 2.89 bits per heavy atom. The van der Waals surface area contributed by atoms with Gasteiger partial charge < -0.3 is 10.2 Å². The zero-order valence-corrected chi connectivity index (χ0v) is 11.1. The maximum absolute atomic E-state index is 11.4. The minimum Gasteiger partial charge on any atom is -0.349 e. The molecule has 0 unspecified atom stereocenters. The Hall–Kier alpha value is -1.88. The van der Waals surface area contributed by atoms with Crippen LogP contribution < -0.4 is 5.32 Å². The van der Waals surface area contributed by atoms with Crippen molar-refractivity contribution in [2.75, 3.05) is 27.2 Å². The number of aromatic nitrogens is 2. The summed E-state index contributed by atoms with van der Waals surface area (Å²) in [6, 6.07) is 0. The molecule has 1 amide bonds. The lowest BCUT2D eigenvalue weighted by Gasteiger charge is -2.03. The summed E-state index contributed by atoms with van der Waals surface area (Å²) in [5.41, 5.74) is 1.02. The zero-order chi connectivity index (χ0) is 13.4. The summed E-state index contributed by atoms with van der Waals surface area (Å²) in [5.74, 6) is -0.0762. The molecule has 5 heteroatoms. The van der Waals surface area contributed by atoms with Gasteiger partial charge in [-0.25, -0.2) is 0 Å². The normalized spacial score (nSPS) is 11.8. The number of carbonyl (C=O) groups is 1. The predicted molar refractivity (Wildman–Crippen MR) is 72.9 cm³/mol. The highest BCUT2D eigenvalue weighted by Gasteiger charge is 1.92. The highest BCUT2D eigenvalue weighted by atomic mass is 16.1. The molecule has 0 atom stereocenters. The average Bonchev–Trinajstić information content (AvgIpc) is 2.70. The Morgan fingerprint density at radius 2 is 2.28 bits per heavy atom. The molecule has 1 aromatic heterocycles. The summed E-state index contributed by atoms with van der Waals surface area (Å²) < 4.78 is 1.74. The minimum atomic E-state index is -0.0762. The average molecular weight is 248 g/mol. The van der Waals surface area contributed by atoms with E-state index in [1.54, 1.807) is 17.0 Å². The van der Waals surface area contributed by atoms with Crippen LogP contribution >= 0.6 is 0 Å². The molecule has 1 N–H and O–H groups in total. The van der Waals surface area contributed by atoms with Crippen molar-refractivity contribution in [3.05, 3.63) is 36.2 Å². The van der Waals surface area contributed by atoms with Gasteiger partial charge in [-0.1, -0.05) is 18.2 Å². The van der Waals surface area contributed by atoms with Gasteiger partial charge in [-0.2, -0.15) is 5.10 Å². The summed E-state index contributed by atoms with van der Waals surface area (Å²) in [7, 11) is 5.78. The second-order valence-electron chi connectivity index (χ2n) is 4.26. The Kier molecular flexibility index (Phi) is 5.87. The summed E-state index contributed by atoms with van der Waals surface area (Å²) in [6.45, 7) is 1.28. The van der Waals surface area contributed by atoms with Crippen molar-refractivity contribution in [1.29, 1.82) is 0 Å². The monoisotopic (exact) mass is 248 g/mol. The first kappa shape index (κ1) is 14.2. The molecule has 98 valence electrons.